The molecule has 0 amide bonds. The number of benzene rings is 1. The van der Waals surface area contributed by atoms with Crippen molar-refractivity contribution >= 4 is 0 Å². The van der Waals surface area contributed by atoms with E-state index < -0.39 is 6.10 Å². The van der Waals surface area contributed by atoms with E-state index in [1.807, 2.05) is 32.0 Å². The highest BCUT2D eigenvalue weighted by atomic mass is 16.5. The summed E-state index contributed by atoms with van der Waals surface area (Å²) in [5.41, 5.74) is 2.15. The van der Waals surface area contributed by atoms with Crippen molar-refractivity contribution in [3.63, 3.8) is 0 Å². The largest absolute Gasteiger partial charge is 0.491 e. The van der Waals surface area contributed by atoms with Crippen molar-refractivity contribution in [1.82, 2.24) is 4.90 Å². The van der Waals surface area contributed by atoms with Gasteiger partial charge in [-0.2, -0.15) is 0 Å². The van der Waals surface area contributed by atoms with Gasteiger partial charge in [0.15, 0.2) is 0 Å². The Morgan fingerprint density at radius 1 is 1.15 bits per heavy atom. The highest BCUT2D eigenvalue weighted by molar-refractivity contribution is 5.35. The summed E-state index contributed by atoms with van der Waals surface area (Å²) in [7, 11) is 0. The number of aliphatic hydroxyl groups excluding tert-OH is 3. The number of hydrogen-bond donors (Lipinski definition) is 3. The van der Waals surface area contributed by atoms with Gasteiger partial charge in [0.1, 0.15) is 18.5 Å². The van der Waals surface area contributed by atoms with Gasteiger partial charge in [-0.25, -0.2) is 0 Å². The number of aryl methyl sites for hydroxylation is 2. The first kappa shape index (κ1) is 16.9. The summed E-state index contributed by atoms with van der Waals surface area (Å²) in [6.07, 6.45) is -0.659. The first-order valence-electron chi connectivity index (χ1n) is 6.89. The molecule has 1 atom stereocenters. The molecule has 0 saturated heterocycles. The molecule has 0 unspecified atom stereocenters. The predicted molar refractivity (Wildman–Crippen MR) is 78.0 cm³/mol. The van der Waals surface area contributed by atoms with Gasteiger partial charge in [-0.05, 0) is 31.0 Å². The van der Waals surface area contributed by atoms with Crippen LogP contribution in [0.15, 0.2) is 18.2 Å². The molecule has 0 aliphatic rings. The van der Waals surface area contributed by atoms with Gasteiger partial charge < -0.3 is 20.1 Å². The Labute approximate surface area is 120 Å². The topological polar surface area (TPSA) is 73.2 Å². The molecule has 3 N–H and O–H groups in total. The van der Waals surface area contributed by atoms with E-state index in [1.165, 1.54) is 0 Å². The zero-order valence-electron chi connectivity index (χ0n) is 12.2. The normalized spacial score (nSPS) is 12.7. The number of rotatable bonds is 9. The Kier molecular flexibility index (Phi) is 7.54. The van der Waals surface area contributed by atoms with Crippen LogP contribution in [0.4, 0.5) is 0 Å². The Hall–Kier alpha value is -1.14. The van der Waals surface area contributed by atoms with Crippen LogP contribution in [0.5, 0.6) is 5.75 Å². The fraction of sp³-hybridized carbons (Fsp3) is 0.600. The van der Waals surface area contributed by atoms with Gasteiger partial charge in [0, 0.05) is 19.6 Å². The minimum Gasteiger partial charge on any atom is -0.491 e. The molecule has 0 spiro atoms. The maximum Gasteiger partial charge on any atom is 0.122 e. The molecule has 114 valence electrons. The van der Waals surface area contributed by atoms with Crippen LogP contribution >= 0.6 is 0 Å². The molecule has 1 aromatic rings. The average Bonchev–Trinajstić information content (AvgIpc) is 2.40. The van der Waals surface area contributed by atoms with Crippen LogP contribution in [0.2, 0.25) is 0 Å². The number of aliphatic hydroxyl groups is 3. The SMILES string of the molecule is Cc1ccc(C)c(OC[C@@H](O)CN(CCO)CCO)c1. The van der Waals surface area contributed by atoms with Gasteiger partial charge in [0.25, 0.3) is 0 Å². The summed E-state index contributed by atoms with van der Waals surface area (Å²) in [5.74, 6) is 0.778. The third-order valence-electron chi connectivity index (χ3n) is 3.08. The molecule has 0 radical (unpaired) electrons. The van der Waals surface area contributed by atoms with Crippen LogP contribution in [-0.4, -0.2) is 65.8 Å². The summed E-state index contributed by atoms with van der Waals surface area (Å²) < 4.78 is 5.63. The molecule has 0 saturated carbocycles. The van der Waals surface area contributed by atoms with Crippen molar-refractivity contribution in [1.29, 1.82) is 0 Å². The van der Waals surface area contributed by atoms with E-state index in [-0.39, 0.29) is 19.8 Å². The molecule has 1 aromatic carbocycles. The molecular weight excluding hydrogens is 258 g/mol. The highest BCUT2D eigenvalue weighted by Crippen LogP contribution is 2.19. The Morgan fingerprint density at radius 2 is 1.80 bits per heavy atom. The molecule has 5 nitrogen and oxygen atoms in total. The standard InChI is InChI=1S/C15H25NO4/c1-12-3-4-13(2)15(9-12)20-11-14(19)10-16(5-7-17)6-8-18/h3-4,9,14,17-19H,5-8,10-11H2,1-2H3/t14-/m0/s1. The van der Waals surface area contributed by atoms with Crippen LogP contribution in [0.3, 0.4) is 0 Å². The summed E-state index contributed by atoms with van der Waals surface area (Å²) in [6.45, 7) is 5.39. The second-order valence-corrected chi connectivity index (χ2v) is 4.98. The van der Waals surface area contributed by atoms with Gasteiger partial charge in [0.05, 0.1) is 13.2 Å². The molecule has 0 fully saturated rings. The van der Waals surface area contributed by atoms with E-state index in [1.54, 1.807) is 4.90 Å². The fourth-order valence-corrected chi connectivity index (χ4v) is 1.98. The summed E-state index contributed by atoms with van der Waals surface area (Å²) >= 11 is 0. The van der Waals surface area contributed by atoms with Crippen LogP contribution < -0.4 is 4.74 Å². The van der Waals surface area contributed by atoms with Crippen LogP contribution in [0.1, 0.15) is 11.1 Å². The lowest BCUT2D eigenvalue weighted by Crippen LogP contribution is -2.38. The van der Waals surface area contributed by atoms with Crippen molar-refractivity contribution in [2.75, 3.05) is 39.5 Å². The van der Waals surface area contributed by atoms with E-state index in [0.717, 1.165) is 16.9 Å². The number of nitrogens with zero attached hydrogens (tertiary/aromatic N) is 1. The third-order valence-corrected chi connectivity index (χ3v) is 3.08. The summed E-state index contributed by atoms with van der Waals surface area (Å²) in [6, 6.07) is 5.95. The smallest absolute Gasteiger partial charge is 0.122 e. The summed E-state index contributed by atoms with van der Waals surface area (Å²) in [5, 5.41) is 27.8. The van der Waals surface area contributed by atoms with Gasteiger partial charge in [0.2, 0.25) is 0 Å². The lowest BCUT2D eigenvalue weighted by atomic mass is 10.1. The maximum atomic E-state index is 9.96. The lowest BCUT2D eigenvalue weighted by Gasteiger charge is -2.23. The monoisotopic (exact) mass is 283 g/mol. The maximum absolute atomic E-state index is 9.96. The van der Waals surface area contributed by atoms with Gasteiger partial charge >= 0.3 is 0 Å². The molecule has 0 heterocycles. The first-order valence-corrected chi connectivity index (χ1v) is 6.89. The van der Waals surface area contributed by atoms with Crippen molar-refractivity contribution in [2.24, 2.45) is 0 Å². The fourth-order valence-electron chi connectivity index (χ4n) is 1.98. The minimum absolute atomic E-state index is 0.00453. The number of hydrogen-bond acceptors (Lipinski definition) is 5. The molecule has 1 rings (SSSR count). The van der Waals surface area contributed by atoms with Crippen molar-refractivity contribution in [3.8, 4) is 5.75 Å². The lowest BCUT2D eigenvalue weighted by molar-refractivity contribution is 0.0550. The Bertz CT molecular complexity index is 391. The molecule has 0 bridgehead atoms. The van der Waals surface area contributed by atoms with Gasteiger partial charge in [-0.1, -0.05) is 12.1 Å². The van der Waals surface area contributed by atoms with E-state index in [0.29, 0.717) is 19.6 Å². The van der Waals surface area contributed by atoms with Gasteiger partial charge in [-0.15, -0.1) is 0 Å². The Balaban J connectivity index is 2.45. The van der Waals surface area contributed by atoms with Crippen molar-refractivity contribution in [3.05, 3.63) is 29.3 Å². The third kappa shape index (κ3) is 5.88. The molecule has 5 heteroatoms. The predicted octanol–water partition coefficient (Wildman–Crippen LogP) is 0.330. The van der Waals surface area contributed by atoms with Crippen molar-refractivity contribution in [2.45, 2.75) is 20.0 Å². The van der Waals surface area contributed by atoms with Crippen LogP contribution in [-0.2, 0) is 0 Å². The zero-order chi connectivity index (χ0) is 15.0. The summed E-state index contributed by atoms with van der Waals surface area (Å²) in [4.78, 5) is 1.80. The first-order chi connectivity index (χ1) is 9.56. The van der Waals surface area contributed by atoms with Gasteiger partial charge in [-0.3, -0.25) is 4.90 Å². The Morgan fingerprint density at radius 3 is 2.40 bits per heavy atom. The highest BCUT2D eigenvalue weighted by Gasteiger charge is 2.12. The van der Waals surface area contributed by atoms with Crippen LogP contribution in [0, 0.1) is 13.8 Å². The zero-order valence-corrected chi connectivity index (χ0v) is 12.2. The second-order valence-electron chi connectivity index (χ2n) is 4.98. The van der Waals surface area contributed by atoms with E-state index >= 15 is 0 Å². The average molecular weight is 283 g/mol. The van der Waals surface area contributed by atoms with Crippen molar-refractivity contribution < 1.29 is 20.1 Å². The molecule has 0 aliphatic carbocycles. The molecule has 20 heavy (non-hydrogen) atoms. The van der Waals surface area contributed by atoms with E-state index in [4.69, 9.17) is 14.9 Å². The molecule has 0 aliphatic heterocycles. The van der Waals surface area contributed by atoms with Crippen LogP contribution in [0.25, 0.3) is 0 Å². The quantitative estimate of drug-likeness (QED) is 0.609. The van der Waals surface area contributed by atoms with E-state index in [2.05, 4.69) is 0 Å². The second kappa shape index (κ2) is 8.92. The van der Waals surface area contributed by atoms with E-state index in [9.17, 15) is 5.11 Å². The number of ether oxygens (including phenoxy) is 1. The molecular formula is C15H25NO4. The molecule has 0 aromatic heterocycles. The minimum atomic E-state index is -0.659.